The minimum absolute atomic E-state index is 0.0491. The Hall–Kier alpha value is -3.06. The van der Waals surface area contributed by atoms with Crippen LogP contribution in [0.2, 0.25) is 0 Å². The Morgan fingerprint density at radius 1 is 0.969 bits per heavy atom. The number of amides is 1. The van der Waals surface area contributed by atoms with Gasteiger partial charge in [0.15, 0.2) is 5.96 Å². The second kappa shape index (κ2) is 13.4. The lowest BCUT2D eigenvalue weighted by Gasteiger charge is -2.24. The average Bonchev–Trinajstić information content (AvgIpc) is 2.78. The van der Waals surface area contributed by atoms with Crippen molar-refractivity contribution >= 4 is 17.6 Å². The molecular weight excluding hydrogens is 400 g/mol. The van der Waals surface area contributed by atoms with Crippen molar-refractivity contribution in [2.24, 2.45) is 4.99 Å². The first-order valence-electron chi connectivity index (χ1n) is 11.2. The standard InChI is InChI=1S/C25H38N6O/c1-6-31(23-12-7-9-20(2)17-23)16-14-28-25(26-3)29-19-21-10-8-11-22(18-21)24(32)27-13-15-30(4)5/h7-12,17-18H,6,13-16,19H2,1-5H3,(H,27,32)(H2,26,28,29). The molecule has 1 amide bonds. The van der Waals surface area contributed by atoms with Gasteiger partial charge in [-0.3, -0.25) is 9.79 Å². The summed E-state index contributed by atoms with van der Waals surface area (Å²) in [7, 11) is 5.74. The third-order valence-electron chi connectivity index (χ3n) is 5.14. The van der Waals surface area contributed by atoms with Crippen LogP contribution in [0, 0.1) is 6.92 Å². The van der Waals surface area contributed by atoms with Gasteiger partial charge in [0.05, 0.1) is 0 Å². The summed E-state index contributed by atoms with van der Waals surface area (Å²) in [4.78, 5) is 21.1. The van der Waals surface area contributed by atoms with Crippen LogP contribution in [0.4, 0.5) is 5.69 Å². The van der Waals surface area contributed by atoms with Crippen LogP contribution < -0.4 is 20.9 Å². The first-order chi connectivity index (χ1) is 15.4. The van der Waals surface area contributed by atoms with Crippen molar-refractivity contribution in [2.75, 3.05) is 58.8 Å². The molecule has 0 spiro atoms. The molecule has 2 aromatic rings. The van der Waals surface area contributed by atoms with E-state index in [0.717, 1.165) is 37.7 Å². The molecule has 0 radical (unpaired) electrons. The van der Waals surface area contributed by atoms with E-state index in [1.165, 1.54) is 11.3 Å². The fourth-order valence-corrected chi connectivity index (χ4v) is 3.33. The van der Waals surface area contributed by atoms with E-state index in [-0.39, 0.29) is 5.91 Å². The second-order valence-electron chi connectivity index (χ2n) is 8.03. The number of anilines is 1. The van der Waals surface area contributed by atoms with E-state index in [1.807, 2.05) is 43.3 Å². The van der Waals surface area contributed by atoms with Crippen LogP contribution in [0.5, 0.6) is 0 Å². The van der Waals surface area contributed by atoms with E-state index in [2.05, 4.69) is 64.0 Å². The minimum Gasteiger partial charge on any atom is -0.370 e. The number of carbonyl (C=O) groups is 1. The summed E-state index contributed by atoms with van der Waals surface area (Å²) in [5, 5.41) is 9.66. The Labute approximate surface area is 192 Å². The van der Waals surface area contributed by atoms with Gasteiger partial charge >= 0.3 is 0 Å². The summed E-state index contributed by atoms with van der Waals surface area (Å²) in [5.41, 5.74) is 4.20. The van der Waals surface area contributed by atoms with Gasteiger partial charge in [0, 0.05) is 57.6 Å². The van der Waals surface area contributed by atoms with E-state index in [1.54, 1.807) is 7.05 Å². The third kappa shape index (κ3) is 8.59. The minimum atomic E-state index is -0.0491. The van der Waals surface area contributed by atoms with Gasteiger partial charge in [-0.25, -0.2) is 0 Å². The zero-order valence-electron chi connectivity index (χ0n) is 20.1. The summed E-state index contributed by atoms with van der Waals surface area (Å²) in [6.45, 7) is 8.91. The molecule has 0 aliphatic rings. The first kappa shape index (κ1) is 25.2. The molecular formula is C25H38N6O. The van der Waals surface area contributed by atoms with Gasteiger partial charge < -0.3 is 25.8 Å². The number of hydrogen-bond donors (Lipinski definition) is 3. The number of rotatable bonds is 11. The predicted molar refractivity (Wildman–Crippen MR) is 135 cm³/mol. The summed E-state index contributed by atoms with van der Waals surface area (Å²) < 4.78 is 0. The molecule has 0 bridgehead atoms. The summed E-state index contributed by atoms with van der Waals surface area (Å²) in [6.07, 6.45) is 0. The molecule has 0 atom stereocenters. The van der Waals surface area contributed by atoms with E-state index in [9.17, 15) is 4.79 Å². The number of aryl methyl sites for hydroxylation is 1. The van der Waals surface area contributed by atoms with E-state index in [0.29, 0.717) is 18.7 Å². The second-order valence-corrected chi connectivity index (χ2v) is 8.03. The summed E-state index contributed by atoms with van der Waals surface area (Å²) in [5.74, 6) is 0.693. The molecule has 0 saturated heterocycles. The molecule has 0 aliphatic carbocycles. The maximum Gasteiger partial charge on any atom is 0.251 e. The summed E-state index contributed by atoms with van der Waals surface area (Å²) >= 11 is 0. The molecule has 2 aromatic carbocycles. The van der Waals surface area contributed by atoms with Gasteiger partial charge in [0.2, 0.25) is 0 Å². The fourth-order valence-electron chi connectivity index (χ4n) is 3.33. The van der Waals surface area contributed by atoms with Gasteiger partial charge in [-0.05, 0) is 63.3 Å². The molecule has 7 heteroatoms. The molecule has 0 unspecified atom stereocenters. The highest BCUT2D eigenvalue weighted by molar-refractivity contribution is 5.94. The van der Waals surface area contributed by atoms with Gasteiger partial charge in [-0.2, -0.15) is 0 Å². The van der Waals surface area contributed by atoms with Crippen LogP contribution in [0.25, 0.3) is 0 Å². The van der Waals surface area contributed by atoms with Crippen molar-refractivity contribution in [3.05, 3.63) is 65.2 Å². The molecule has 32 heavy (non-hydrogen) atoms. The molecule has 0 fully saturated rings. The number of likely N-dealkylation sites (N-methyl/N-ethyl adjacent to an activating group) is 2. The van der Waals surface area contributed by atoms with Gasteiger partial charge in [0.25, 0.3) is 5.91 Å². The molecule has 7 nitrogen and oxygen atoms in total. The average molecular weight is 439 g/mol. The van der Waals surface area contributed by atoms with E-state index in [4.69, 9.17) is 0 Å². The molecule has 2 rings (SSSR count). The van der Waals surface area contributed by atoms with Crippen LogP contribution in [0.15, 0.2) is 53.5 Å². The quantitative estimate of drug-likeness (QED) is 0.371. The predicted octanol–water partition coefficient (Wildman–Crippen LogP) is 2.48. The zero-order chi connectivity index (χ0) is 23.3. The van der Waals surface area contributed by atoms with Crippen molar-refractivity contribution in [3.63, 3.8) is 0 Å². The molecule has 0 saturated carbocycles. The van der Waals surface area contributed by atoms with Crippen molar-refractivity contribution in [2.45, 2.75) is 20.4 Å². The highest BCUT2D eigenvalue weighted by atomic mass is 16.1. The Morgan fingerprint density at radius 2 is 1.72 bits per heavy atom. The number of nitrogens with one attached hydrogen (secondary N) is 3. The molecule has 0 aliphatic heterocycles. The Bertz CT molecular complexity index is 880. The Balaban J connectivity index is 1.82. The molecule has 0 aromatic heterocycles. The Kier molecular flexibility index (Phi) is 10.5. The number of guanidine groups is 1. The van der Waals surface area contributed by atoms with Crippen molar-refractivity contribution in [1.82, 2.24) is 20.9 Å². The largest absolute Gasteiger partial charge is 0.370 e. The van der Waals surface area contributed by atoms with Crippen LogP contribution >= 0.6 is 0 Å². The number of nitrogens with zero attached hydrogens (tertiary/aromatic N) is 3. The van der Waals surface area contributed by atoms with Crippen LogP contribution in [0.3, 0.4) is 0 Å². The normalized spacial score (nSPS) is 11.4. The Morgan fingerprint density at radius 3 is 2.41 bits per heavy atom. The maximum absolute atomic E-state index is 12.4. The van der Waals surface area contributed by atoms with Crippen LogP contribution in [-0.2, 0) is 6.54 Å². The molecule has 3 N–H and O–H groups in total. The maximum atomic E-state index is 12.4. The van der Waals surface area contributed by atoms with Gasteiger partial charge in [-0.1, -0.05) is 24.3 Å². The summed E-state index contributed by atoms with van der Waals surface area (Å²) in [6, 6.07) is 16.2. The SMILES string of the molecule is CCN(CCNC(=NC)NCc1cccc(C(=O)NCCN(C)C)c1)c1cccc(C)c1. The first-order valence-corrected chi connectivity index (χ1v) is 11.2. The number of benzene rings is 2. The number of aliphatic imine (C=N–C) groups is 1. The van der Waals surface area contributed by atoms with Crippen LogP contribution in [-0.4, -0.2) is 70.6 Å². The third-order valence-corrected chi connectivity index (χ3v) is 5.14. The molecule has 0 heterocycles. The topological polar surface area (TPSA) is 72.0 Å². The molecule has 174 valence electrons. The van der Waals surface area contributed by atoms with Crippen LogP contribution in [0.1, 0.15) is 28.4 Å². The number of carbonyl (C=O) groups excluding carboxylic acids is 1. The van der Waals surface area contributed by atoms with E-state index >= 15 is 0 Å². The van der Waals surface area contributed by atoms with Crippen molar-refractivity contribution in [1.29, 1.82) is 0 Å². The van der Waals surface area contributed by atoms with Gasteiger partial charge in [0.1, 0.15) is 0 Å². The smallest absolute Gasteiger partial charge is 0.251 e. The van der Waals surface area contributed by atoms with Gasteiger partial charge in [-0.15, -0.1) is 0 Å². The highest BCUT2D eigenvalue weighted by Gasteiger charge is 2.07. The monoisotopic (exact) mass is 438 g/mol. The lowest BCUT2D eigenvalue weighted by Crippen LogP contribution is -2.41. The lowest BCUT2D eigenvalue weighted by molar-refractivity contribution is 0.0951. The van der Waals surface area contributed by atoms with Crippen molar-refractivity contribution < 1.29 is 4.79 Å². The highest BCUT2D eigenvalue weighted by Crippen LogP contribution is 2.15. The zero-order valence-corrected chi connectivity index (χ0v) is 20.1. The number of hydrogen-bond acceptors (Lipinski definition) is 4. The van der Waals surface area contributed by atoms with Crippen molar-refractivity contribution in [3.8, 4) is 0 Å². The fraction of sp³-hybridized carbons (Fsp3) is 0.440. The van der Waals surface area contributed by atoms with E-state index < -0.39 is 0 Å². The lowest BCUT2D eigenvalue weighted by atomic mass is 10.1.